The minimum atomic E-state index is -0.600. The summed E-state index contributed by atoms with van der Waals surface area (Å²) in [4.78, 5) is 24.1. The number of anilines is 1. The molecule has 0 spiro atoms. The maximum Gasteiger partial charge on any atom is 0.227 e. The molecule has 2 rings (SSSR count). The number of benzene rings is 1. The molecule has 0 aliphatic carbocycles. The van der Waals surface area contributed by atoms with Crippen LogP contribution in [-0.4, -0.2) is 23.3 Å². The molecule has 0 aromatic heterocycles. The lowest BCUT2D eigenvalue weighted by atomic mass is 10.1. The van der Waals surface area contributed by atoms with Crippen molar-refractivity contribution < 1.29 is 18.4 Å². The van der Waals surface area contributed by atoms with Crippen LogP contribution in [0.4, 0.5) is 14.5 Å². The van der Waals surface area contributed by atoms with Crippen molar-refractivity contribution >= 4 is 28.5 Å². The lowest BCUT2D eigenvalue weighted by molar-refractivity contribution is -0.117. The number of amides is 1. The minimum absolute atomic E-state index is 0.0107. The first-order valence-electron chi connectivity index (χ1n) is 6.28. The summed E-state index contributed by atoms with van der Waals surface area (Å²) in [5.41, 5.74) is 0.190. The Bertz CT molecular complexity index is 562. The molecule has 0 N–H and O–H groups in total. The van der Waals surface area contributed by atoms with Crippen molar-refractivity contribution in [3.8, 4) is 0 Å². The van der Waals surface area contributed by atoms with Crippen LogP contribution in [0.2, 0.25) is 0 Å². The molecule has 1 aliphatic heterocycles. The highest BCUT2D eigenvalue weighted by molar-refractivity contribution is 8.13. The molecule has 1 aromatic carbocycles. The van der Waals surface area contributed by atoms with Gasteiger partial charge in [-0.3, -0.25) is 9.59 Å². The van der Waals surface area contributed by atoms with Crippen LogP contribution >= 0.6 is 11.8 Å². The third kappa shape index (κ3) is 3.17. The van der Waals surface area contributed by atoms with E-state index in [9.17, 15) is 18.4 Å². The molecule has 1 fully saturated rings. The van der Waals surface area contributed by atoms with Crippen LogP contribution in [0.25, 0.3) is 0 Å². The Morgan fingerprint density at radius 2 is 2.10 bits per heavy atom. The van der Waals surface area contributed by atoms with Crippen molar-refractivity contribution in [2.24, 2.45) is 5.92 Å². The third-order valence-electron chi connectivity index (χ3n) is 3.25. The second kappa shape index (κ2) is 5.91. The molecule has 6 heteroatoms. The number of thioether (sulfide) groups is 1. The summed E-state index contributed by atoms with van der Waals surface area (Å²) in [7, 11) is 0. The van der Waals surface area contributed by atoms with E-state index in [1.165, 1.54) is 18.7 Å². The summed E-state index contributed by atoms with van der Waals surface area (Å²) in [6.07, 6.45) is 0.259. The highest BCUT2D eigenvalue weighted by Gasteiger charge is 2.32. The molecule has 1 unspecified atom stereocenters. The van der Waals surface area contributed by atoms with Crippen molar-refractivity contribution in [2.75, 3.05) is 17.2 Å². The lowest BCUT2D eigenvalue weighted by Crippen LogP contribution is -2.26. The van der Waals surface area contributed by atoms with Crippen LogP contribution in [0.3, 0.4) is 0 Å². The quantitative estimate of drug-likeness (QED) is 0.861. The topological polar surface area (TPSA) is 37.4 Å². The zero-order valence-corrected chi connectivity index (χ0v) is 12.1. The summed E-state index contributed by atoms with van der Waals surface area (Å²) in [5.74, 6) is -0.859. The Kier molecular flexibility index (Phi) is 4.42. The van der Waals surface area contributed by atoms with E-state index < -0.39 is 11.6 Å². The first kappa shape index (κ1) is 15.0. The van der Waals surface area contributed by atoms with Crippen molar-refractivity contribution in [3.05, 3.63) is 29.3 Å². The minimum Gasteiger partial charge on any atom is -0.309 e. The van der Waals surface area contributed by atoms with E-state index in [1.54, 1.807) is 0 Å². The second-order valence-corrected chi connectivity index (χ2v) is 6.13. The van der Waals surface area contributed by atoms with Crippen LogP contribution in [0.5, 0.6) is 0 Å². The van der Waals surface area contributed by atoms with E-state index >= 15 is 0 Å². The molecule has 1 saturated heterocycles. The molecular weight excluding hydrogens is 284 g/mol. The van der Waals surface area contributed by atoms with Crippen LogP contribution in [-0.2, 0) is 9.59 Å². The fourth-order valence-corrected chi connectivity index (χ4v) is 2.90. The van der Waals surface area contributed by atoms with E-state index in [0.717, 1.165) is 23.9 Å². The van der Waals surface area contributed by atoms with Gasteiger partial charge in [0.2, 0.25) is 5.91 Å². The zero-order chi connectivity index (χ0) is 14.9. The number of aryl methyl sites for hydroxylation is 1. The Morgan fingerprint density at radius 1 is 1.40 bits per heavy atom. The number of carbonyl (C=O) groups excluding carboxylic acids is 2. The number of hydrogen-bond donors (Lipinski definition) is 0. The highest BCUT2D eigenvalue weighted by atomic mass is 32.2. The summed E-state index contributed by atoms with van der Waals surface area (Å²) in [6.45, 7) is 3.26. The van der Waals surface area contributed by atoms with Gasteiger partial charge >= 0.3 is 0 Å². The number of halogens is 2. The van der Waals surface area contributed by atoms with Crippen molar-refractivity contribution in [1.29, 1.82) is 0 Å². The fourth-order valence-electron chi connectivity index (χ4n) is 2.20. The molecular formula is C14H15F2NO2S. The van der Waals surface area contributed by atoms with Gasteiger partial charge < -0.3 is 4.90 Å². The standard InChI is InChI=1S/C14H15F2NO2S/c1-8-3-12(16)13(5-11(8)15)17-6-10(4-14(17)19)7-20-9(2)18/h3,5,10H,4,6-7H2,1-2H3. The average Bonchev–Trinajstić information content (AvgIpc) is 2.72. The smallest absolute Gasteiger partial charge is 0.227 e. The molecule has 1 aliphatic rings. The van der Waals surface area contributed by atoms with Gasteiger partial charge in [0.25, 0.3) is 0 Å². The number of carbonyl (C=O) groups is 2. The maximum absolute atomic E-state index is 13.9. The van der Waals surface area contributed by atoms with Gasteiger partial charge in [-0.25, -0.2) is 8.78 Å². The van der Waals surface area contributed by atoms with Gasteiger partial charge in [0.15, 0.2) is 5.12 Å². The van der Waals surface area contributed by atoms with E-state index in [0.29, 0.717) is 12.3 Å². The SMILES string of the molecule is CC(=O)SCC1CC(=O)N(c2cc(F)c(C)cc2F)C1. The second-order valence-electron chi connectivity index (χ2n) is 4.93. The van der Waals surface area contributed by atoms with Gasteiger partial charge in [-0.2, -0.15) is 0 Å². The predicted octanol–water partition coefficient (Wildman–Crippen LogP) is 2.91. The van der Waals surface area contributed by atoms with Gasteiger partial charge in [0.1, 0.15) is 11.6 Å². The molecule has 1 aromatic rings. The number of nitrogens with zero attached hydrogens (tertiary/aromatic N) is 1. The maximum atomic E-state index is 13.9. The highest BCUT2D eigenvalue weighted by Crippen LogP contribution is 2.30. The van der Waals surface area contributed by atoms with Gasteiger partial charge in [-0.05, 0) is 24.5 Å². The molecule has 1 atom stereocenters. The largest absolute Gasteiger partial charge is 0.309 e. The molecule has 108 valence electrons. The normalized spacial score (nSPS) is 18.7. The average molecular weight is 299 g/mol. The Morgan fingerprint density at radius 3 is 2.75 bits per heavy atom. The van der Waals surface area contributed by atoms with E-state index in [-0.39, 0.29) is 34.6 Å². The van der Waals surface area contributed by atoms with Crippen molar-refractivity contribution in [2.45, 2.75) is 20.3 Å². The fraction of sp³-hybridized carbons (Fsp3) is 0.429. The summed E-state index contributed by atoms with van der Waals surface area (Å²) >= 11 is 1.15. The molecule has 0 radical (unpaired) electrons. The van der Waals surface area contributed by atoms with Crippen molar-refractivity contribution in [1.82, 2.24) is 0 Å². The first-order chi connectivity index (χ1) is 9.38. The molecule has 0 bridgehead atoms. The lowest BCUT2D eigenvalue weighted by Gasteiger charge is -2.18. The van der Waals surface area contributed by atoms with E-state index in [2.05, 4.69) is 0 Å². The van der Waals surface area contributed by atoms with Crippen LogP contribution < -0.4 is 4.90 Å². The number of rotatable bonds is 3. The molecule has 3 nitrogen and oxygen atoms in total. The molecule has 20 heavy (non-hydrogen) atoms. The predicted molar refractivity (Wildman–Crippen MR) is 74.7 cm³/mol. The van der Waals surface area contributed by atoms with Gasteiger partial charge in [-0.1, -0.05) is 11.8 Å². The molecule has 1 heterocycles. The Balaban J connectivity index is 2.16. The van der Waals surface area contributed by atoms with Crippen LogP contribution in [0.1, 0.15) is 18.9 Å². The third-order valence-corrected chi connectivity index (χ3v) is 4.29. The summed E-state index contributed by atoms with van der Waals surface area (Å²) in [6, 6.07) is 2.15. The van der Waals surface area contributed by atoms with E-state index in [4.69, 9.17) is 0 Å². The van der Waals surface area contributed by atoms with Gasteiger partial charge in [0, 0.05) is 31.7 Å². The van der Waals surface area contributed by atoms with E-state index in [1.807, 2.05) is 0 Å². The first-order valence-corrected chi connectivity index (χ1v) is 7.26. The van der Waals surface area contributed by atoms with Crippen molar-refractivity contribution in [3.63, 3.8) is 0 Å². The Labute approximate surface area is 120 Å². The zero-order valence-electron chi connectivity index (χ0n) is 11.3. The molecule has 0 saturated carbocycles. The van der Waals surface area contributed by atoms with Crippen LogP contribution in [0.15, 0.2) is 12.1 Å². The molecule has 1 amide bonds. The van der Waals surface area contributed by atoms with Gasteiger partial charge in [0.05, 0.1) is 5.69 Å². The Hall–Kier alpha value is -1.43. The van der Waals surface area contributed by atoms with Crippen LogP contribution in [0, 0.1) is 24.5 Å². The summed E-state index contributed by atoms with van der Waals surface area (Å²) < 4.78 is 27.4. The van der Waals surface area contributed by atoms with Gasteiger partial charge in [-0.15, -0.1) is 0 Å². The number of hydrogen-bond acceptors (Lipinski definition) is 3. The monoisotopic (exact) mass is 299 g/mol. The summed E-state index contributed by atoms with van der Waals surface area (Å²) in [5, 5.41) is -0.0107.